The van der Waals surface area contributed by atoms with Gasteiger partial charge >= 0.3 is 0 Å². The lowest BCUT2D eigenvalue weighted by Crippen LogP contribution is -2.28. The fourth-order valence-corrected chi connectivity index (χ4v) is 4.36. The lowest BCUT2D eigenvalue weighted by atomic mass is 10.1. The highest BCUT2D eigenvalue weighted by molar-refractivity contribution is 7.92. The summed E-state index contributed by atoms with van der Waals surface area (Å²) in [6.45, 7) is 4.11. The molecule has 7 nitrogen and oxygen atoms in total. The van der Waals surface area contributed by atoms with Crippen LogP contribution in [0.2, 0.25) is 0 Å². The number of amides is 2. The van der Waals surface area contributed by atoms with Gasteiger partial charge < -0.3 is 10.2 Å². The molecule has 29 heavy (non-hydrogen) atoms. The van der Waals surface area contributed by atoms with Gasteiger partial charge in [-0.3, -0.25) is 14.3 Å². The van der Waals surface area contributed by atoms with Gasteiger partial charge in [0.15, 0.2) is 0 Å². The van der Waals surface area contributed by atoms with Crippen molar-refractivity contribution in [3.63, 3.8) is 0 Å². The first-order chi connectivity index (χ1) is 13.8. The summed E-state index contributed by atoms with van der Waals surface area (Å²) in [7, 11) is -3.36. The van der Waals surface area contributed by atoms with Gasteiger partial charge in [0.2, 0.25) is 21.8 Å². The Balaban J connectivity index is 1.60. The number of carbonyl (C=O) groups excluding carboxylic acids is 2. The summed E-state index contributed by atoms with van der Waals surface area (Å²) in [4.78, 5) is 26.6. The lowest BCUT2D eigenvalue weighted by molar-refractivity contribution is -0.122. The number of nitrogens with one attached hydrogen (secondary N) is 2. The molecule has 1 unspecified atom stereocenters. The molecule has 1 fully saturated rings. The number of anilines is 3. The molecular weight excluding hydrogens is 390 g/mol. The number of carbonyl (C=O) groups is 2. The molecule has 1 saturated heterocycles. The number of sulfonamides is 1. The van der Waals surface area contributed by atoms with Gasteiger partial charge in [-0.25, -0.2) is 8.42 Å². The molecular formula is C21H25N3O4S. The largest absolute Gasteiger partial charge is 0.326 e. The van der Waals surface area contributed by atoms with Crippen molar-refractivity contribution in [3.8, 4) is 0 Å². The van der Waals surface area contributed by atoms with Crippen LogP contribution in [-0.4, -0.2) is 32.5 Å². The molecule has 0 bridgehead atoms. The van der Waals surface area contributed by atoms with Crippen LogP contribution in [-0.2, 0) is 19.6 Å². The Bertz CT molecular complexity index is 986. The molecule has 1 heterocycles. The maximum Gasteiger partial charge on any atom is 0.232 e. The number of rotatable bonds is 7. The minimum Gasteiger partial charge on any atom is -0.326 e. The third-order valence-corrected chi connectivity index (χ3v) is 6.23. The molecule has 8 heteroatoms. The highest BCUT2D eigenvalue weighted by Crippen LogP contribution is 2.26. The van der Waals surface area contributed by atoms with Crippen molar-refractivity contribution in [2.45, 2.75) is 26.7 Å². The lowest BCUT2D eigenvalue weighted by Gasteiger charge is -2.17. The molecule has 1 atom stereocenters. The molecule has 0 saturated carbocycles. The molecule has 2 amide bonds. The monoisotopic (exact) mass is 415 g/mol. The van der Waals surface area contributed by atoms with Gasteiger partial charge in [-0.2, -0.15) is 0 Å². The summed E-state index contributed by atoms with van der Waals surface area (Å²) in [5.74, 6) is -0.688. The SMILES string of the molecule is CCCS(=O)(=O)Nc1ccc(NC(=O)C2CC(=O)N(c3ccc(C)cc3)C2)cc1. The van der Waals surface area contributed by atoms with Crippen molar-refractivity contribution < 1.29 is 18.0 Å². The van der Waals surface area contributed by atoms with E-state index in [9.17, 15) is 18.0 Å². The van der Waals surface area contributed by atoms with Gasteiger partial charge in [-0.1, -0.05) is 24.6 Å². The Morgan fingerprint density at radius 3 is 2.31 bits per heavy atom. The van der Waals surface area contributed by atoms with Crippen LogP contribution in [0.25, 0.3) is 0 Å². The van der Waals surface area contributed by atoms with E-state index in [2.05, 4.69) is 10.0 Å². The van der Waals surface area contributed by atoms with Crippen molar-refractivity contribution in [1.29, 1.82) is 0 Å². The number of hydrogen-bond acceptors (Lipinski definition) is 4. The van der Waals surface area contributed by atoms with Crippen molar-refractivity contribution in [3.05, 3.63) is 54.1 Å². The zero-order valence-corrected chi connectivity index (χ0v) is 17.3. The van der Waals surface area contributed by atoms with Crippen molar-refractivity contribution in [2.75, 3.05) is 27.2 Å². The molecule has 3 rings (SSSR count). The Hall–Kier alpha value is -2.87. The Labute approximate surface area is 171 Å². The Morgan fingerprint density at radius 1 is 1.07 bits per heavy atom. The van der Waals surface area contributed by atoms with Gasteiger partial charge in [0.05, 0.1) is 11.7 Å². The summed E-state index contributed by atoms with van der Waals surface area (Å²) in [6, 6.07) is 14.1. The Morgan fingerprint density at radius 2 is 1.69 bits per heavy atom. The first-order valence-electron chi connectivity index (χ1n) is 9.56. The van der Waals surface area contributed by atoms with Crippen LogP contribution in [0.4, 0.5) is 17.1 Å². The smallest absolute Gasteiger partial charge is 0.232 e. The average Bonchev–Trinajstić information content (AvgIpc) is 3.05. The molecule has 2 aromatic carbocycles. The number of benzene rings is 2. The summed E-state index contributed by atoms with van der Waals surface area (Å²) < 4.78 is 26.1. The fraction of sp³-hybridized carbons (Fsp3) is 0.333. The molecule has 2 N–H and O–H groups in total. The zero-order valence-electron chi connectivity index (χ0n) is 16.5. The van der Waals surface area contributed by atoms with E-state index in [-0.39, 0.29) is 24.0 Å². The standard InChI is InChI=1S/C21H25N3O4S/c1-3-12-29(27,28)23-18-8-6-17(7-9-18)22-21(26)16-13-20(25)24(14-16)19-10-4-15(2)5-11-19/h4-11,16,23H,3,12-14H2,1-2H3,(H,22,26). The van der Waals surface area contributed by atoms with E-state index in [0.29, 0.717) is 24.3 Å². The Kier molecular flexibility index (Phi) is 6.22. The van der Waals surface area contributed by atoms with Gasteiger partial charge in [0.25, 0.3) is 0 Å². The maximum absolute atomic E-state index is 12.6. The predicted molar refractivity (Wildman–Crippen MR) is 114 cm³/mol. The van der Waals surface area contributed by atoms with E-state index in [4.69, 9.17) is 0 Å². The quantitative estimate of drug-likeness (QED) is 0.726. The van der Waals surface area contributed by atoms with E-state index < -0.39 is 15.9 Å². The molecule has 1 aliphatic heterocycles. The summed E-state index contributed by atoms with van der Waals surface area (Å²) >= 11 is 0. The van der Waals surface area contributed by atoms with Crippen molar-refractivity contribution >= 4 is 38.9 Å². The highest BCUT2D eigenvalue weighted by atomic mass is 32.2. The number of hydrogen-bond donors (Lipinski definition) is 2. The predicted octanol–water partition coefficient (Wildman–Crippen LogP) is 3.14. The second-order valence-corrected chi connectivity index (χ2v) is 9.07. The highest BCUT2D eigenvalue weighted by Gasteiger charge is 2.35. The molecule has 0 aromatic heterocycles. The summed E-state index contributed by atoms with van der Waals surface area (Å²) in [5.41, 5.74) is 2.89. The topological polar surface area (TPSA) is 95.6 Å². The molecule has 1 aliphatic rings. The van der Waals surface area contributed by atoms with Crippen LogP contribution in [0.15, 0.2) is 48.5 Å². The summed E-state index contributed by atoms with van der Waals surface area (Å²) in [6.07, 6.45) is 0.692. The van der Waals surface area contributed by atoms with E-state index in [1.807, 2.05) is 31.2 Å². The zero-order chi connectivity index (χ0) is 21.0. The van der Waals surface area contributed by atoms with E-state index in [0.717, 1.165) is 11.3 Å². The molecule has 0 radical (unpaired) electrons. The number of aryl methyl sites for hydroxylation is 1. The second kappa shape index (κ2) is 8.65. The minimum atomic E-state index is -3.36. The van der Waals surface area contributed by atoms with Gasteiger partial charge in [0, 0.05) is 30.0 Å². The first-order valence-corrected chi connectivity index (χ1v) is 11.2. The van der Waals surface area contributed by atoms with Crippen molar-refractivity contribution in [2.24, 2.45) is 5.92 Å². The minimum absolute atomic E-state index is 0.0542. The second-order valence-electron chi connectivity index (χ2n) is 7.23. The van der Waals surface area contributed by atoms with Crippen LogP contribution in [0.1, 0.15) is 25.3 Å². The molecule has 154 valence electrons. The van der Waals surface area contributed by atoms with Crippen LogP contribution in [0, 0.1) is 12.8 Å². The number of nitrogens with zero attached hydrogens (tertiary/aromatic N) is 1. The van der Waals surface area contributed by atoms with Gasteiger partial charge in [-0.05, 0) is 49.7 Å². The molecule has 0 spiro atoms. The average molecular weight is 416 g/mol. The third-order valence-electron chi connectivity index (χ3n) is 4.74. The van der Waals surface area contributed by atoms with Gasteiger partial charge in [-0.15, -0.1) is 0 Å². The van der Waals surface area contributed by atoms with Gasteiger partial charge in [0.1, 0.15) is 0 Å². The van der Waals surface area contributed by atoms with Crippen molar-refractivity contribution in [1.82, 2.24) is 0 Å². The van der Waals surface area contributed by atoms with Crippen LogP contribution in [0.3, 0.4) is 0 Å². The van der Waals surface area contributed by atoms with E-state index in [1.54, 1.807) is 36.1 Å². The maximum atomic E-state index is 12.6. The summed E-state index contributed by atoms with van der Waals surface area (Å²) in [5, 5.41) is 2.81. The molecule has 0 aliphatic carbocycles. The van der Waals surface area contributed by atoms with Crippen LogP contribution < -0.4 is 14.9 Å². The fourth-order valence-electron chi connectivity index (χ4n) is 3.22. The third kappa shape index (κ3) is 5.35. The molecule has 2 aromatic rings. The first kappa shape index (κ1) is 20.9. The van der Waals surface area contributed by atoms with E-state index >= 15 is 0 Å². The van der Waals surface area contributed by atoms with Crippen LogP contribution >= 0.6 is 0 Å². The normalized spacial score (nSPS) is 16.7. The van der Waals surface area contributed by atoms with E-state index in [1.165, 1.54) is 0 Å². The van der Waals surface area contributed by atoms with Crippen LogP contribution in [0.5, 0.6) is 0 Å².